The Labute approximate surface area is 180 Å². The molecular weight excluding hydrogens is 382 g/mol. The number of amides is 1. The van der Waals surface area contributed by atoms with E-state index in [2.05, 4.69) is 30.7 Å². The minimum absolute atomic E-state index is 0.00349. The number of aromatic amines is 1. The third kappa shape index (κ3) is 5.06. The smallest absolute Gasteiger partial charge is 0.339 e. The van der Waals surface area contributed by atoms with E-state index in [1.165, 1.54) is 7.11 Å². The summed E-state index contributed by atoms with van der Waals surface area (Å²) in [6.45, 7) is 12.7. The molecule has 7 nitrogen and oxygen atoms in total. The van der Waals surface area contributed by atoms with Crippen molar-refractivity contribution in [2.45, 2.75) is 65.6 Å². The zero-order valence-corrected chi connectivity index (χ0v) is 19.1. The number of carbonyl (C=O) groups excluding carboxylic acids is 2. The number of likely N-dealkylation sites (tertiary alicyclic amines) is 1. The van der Waals surface area contributed by atoms with Gasteiger partial charge in [0.2, 0.25) is 0 Å². The molecule has 7 heteroatoms. The van der Waals surface area contributed by atoms with Crippen molar-refractivity contribution in [2.75, 3.05) is 39.8 Å². The number of carbonyl (C=O) groups is 2. The fourth-order valence-corrected chi connectivity index (χ4v) is 5.01. The predicted molar refractivity (Wildman–Crippen MR) is 116 cm³/mol. The number of H-pyrrole nitrogens is 1. The van der Waals surface area contributed by atoms with Crippen molar-refractivity contribution in [1.82, 2.24) is 14.8 Å². The number of hydrogen-bond donors (Lipinski definition) is 1. The molecule has 2 atom stereocenters. The van der Waals surface area contributed by atoms with Crippen LogP contribution in [-0.2, 0) is 15.9 Å². The van der Waals surface area contributed by atoms with Crippen molar-refractivity contribution in [3.63, 3.8) is 0 Å². The lowest BCUT2D eigenvalue weighted by Crippen LogP contribution is -2.48. The molecule has 0 aliphatic carbocycles. The molecular formula is C23H37N3O4. The van der Waals surface area contributed by atoms with E-state index in [-0.39, 0.29) is 24.1 Å². The average Bonchev–Trinajstić information content (AvgIpc) is 3.03. The zero-order valence-electron chi connectivity index (χ0n) is 19.1. The zero-order chi connectivity index (χ0) is 21.8. The Balaban J connectivity index is 1.63. The minimum atomic E-state index is -0.376. The second-order valence-electron chi connectivity index (χ2n) is 8.93. The third-order valence-corrected chi connectivity index (χ3v) is 6.31. The first-order chi connectivity index (χ1) is 14.3. The molecule has 30 heavy (non-hydrogen) atoms. The first-order valence-electron chi connectivity index (χ1n) is 11.3. The number of rotatable bonds is 6. The van der Waals surface area contributed by atoms with Crippen LogP contribution in [0.15, 0.2) is 0 Å². The number of nitrogens with zero attached hydrogens (tertiary/aromatic N) is 2. The van der Waals surface area contributed by atoms with Gasteiger partial charge >= 0.3 is 5.97 Å². The molecule has 0 radical (unpaired) electrons. The second kappa shape index (κ2) is 9.96. The number of nitrogens with one attached hydrogen (secondary N) is 1. The summed E-state index contributed by atoms with van der Waals surface area (Å²) in [6.07, 6.45) is 4.14. The first-order valence-corrected chi connectivity index (χ1v) is 11.3. The van der Waals surface area contributed by atoms with Gasteiger partial charge in [-0.2, -0.15) is 0 Å². The number of hydrogen-bond acceptors (Lipinski definition) is 5. The summed E-state index contributed by atoms with van der Waals surface area (Å²) in [4.78, 5) is 33.1. The van der Waals surface area contributed by atoms with Crippen molar-refractivity contribution in [3.8, 4) is 0 Å². The van der Waals surface area contributed by atoms with Gasteiger partial charge in [-0.15, -0.1) is 0 Å². The highest BCUT2D eigenvalue weighted by atomic mass is 16.5. The van der Waals surface area contributed by atoms with Crippen LogP contribution >= 0.6 is 0 Å². The van der Waals surface area contributed by atoms with E-state index >= 15 is 0 Å². The lowest BCUT2D eigenvalue weighted by Gasteiger charge is -2.39. The number of methoxy groups -OCH3 is 1. The van der Waals surface area contributed by atoms with Gasteiger partial charge in [0.1, 0.15) is 5.69 Å². The normalized spacial score (nSPS) is 23.6. The Bertz CT molecular complexity index is 742. The maximum atomic E-state index is 13.3. The monoisotopic (exact) mass is 419 g/mol. The van der Waals surface area contributed by atoms with E-state index in [0.717, 1.165) is 57.5 Å². The number of esters is 1. The Morgan fingerprint density at radius 1 is 1.17 bits per heavy atom. The highest BCUT2D eigenvalue weighted by molar-refractivity contribution is 6.00. The first kappa shape index (κ1) is 22.8. The molecule has 168 valence electrons. The average molecular weight is 420 g/mol. The van der Waals surface area contributed by atoms with E-state index in [0.29, 0.717) is 29.3 Å². The van der Waals surface area contributed by atoms with Gasteiger partial charge in [0.25, 0.3) is 5.91 Å². The van der Waals surface area contributed by atoms with Crippen LogP contribution in [0.3, 0.4) is 0 Å². The van der Waals surface area contributed by atoms with Crippen LogP contribution in [0.5, 0.6) is 0 Å². The summed E-state index contributed by atoms with van der Waals surface area (Å²) in [5, 5.41) is 0. The van der Waals surface area contributed by atoms with Crippen molar-refractivity contribution < 1.29 is 19.1 Å². The fourth-order valence-electron chi connectivity index (χ4n) is 5.01. The number of morpholine rings is 1. The molecule has 2 fully saturated rings. The SMILES string of the molecule is CCCc1c(C(=O)N2CCC(CN3CC(C)OC(C)C3)CC2)[nH]c(C)c1C(=O)OC. The highest BCUT2D eigenvalue weighted by Crippen LogP contribution is 2.26. The van der Waals surface area contributed by atoms with Crippen molar-refractivity contribution in [2.24, 2.45) is 5.92 Å². The number of aromatic nitrogens is 1. The van der Waals surface area contributed by atoms with Crippen LogP contribution in [0.4, 0.5) is 0 Å². The largest absolute Gasteiger partial charge is 0.465 e. The second-order valence-corrected chi connectivity index (χ2v) is 8.93. The van der Waals surface area contributed by atoms with Gasteiger partial charge < -0.3 is 19.4 Å². The topological polar surface area (TPSA) is 74.9 Å². The molecule has 3 heterocycles. The number of aryl methyl sites for hydroxylation is 1. The lowest BCUT2D eigenvalue weighted by atomic mass is 9.95. The van der Waals surface area contributed by atoms with Crippen LogP contribution in [0.25, 0.3) is 0 Å². The summed E-state index contributed by atoms with van der Waals surface area (Å²) in [5.41, 5.74) is 2.58. The van der Waals surface area contributed by atoms with E-state index in [4.69, 9.17) is 9.47 Å². The molecule has 2 unspecified atom stereocenters. The Morgan fingerprint density at radius 3 is 2.37 bits per heavy atom. The molecule has 1 aromatic heterocycles. The molecule has 1 aromatic rings. The van der Waals surface area contributed by atoms with Crippen LogP contribution in [0, 0.1) is 12.8 Å². The standard InChI is InChI=1S/C23H37N3O4/c1-6-7-19-20(23(28)29-5)17(4)24-21(19)22(27)26-10-8-18(9-11-26)14-25-12-15(2)30-16(3)13-25/h15-16,18,24H,6-14H2,1-5H3. The number of piperidine rings is 1. The van der Waals surface area contributed by atoms with E-state index < -0.39 is 0 Å². The molecule has 1 N–H and O–H groups in total. The molecule has 2 saturated heterocycles. The predicted octanol–water partition coefficient (Wildman–Crippen LogP) is 3.02. The third-order valence-electron chi connectivity index (χ3n) is 6.31. The summed E-state index contributed by atoms with van der Waals surface area (Å²) in [6, 6.07) is 0. The van der Waals surface area contributed by atoms with E-state index in [9.17, 15) is 9.59 Å². The Morgan fingerprint density at radius 2 is 1.80 bits per heavy atom. The molecule has 0 saturated carbocycles. The Kier molecular flexibility index (Phi) is 7.58. The molecule has 3 rings (SSSR count). The highest BCUT2D eigenvalue weighted by Gasteiger charge is 2.31. The Hall–Kier alpha value is -1.86. The van der Waals surface area contributed by atoms with Gasteiger partial charge in [0.05, 0.1) is 24.9 Å². The van der Waals surface area contributed by atoms with Gasteiger partial charge in [-0.3, -0.25) is 9.69 Å². The van der Waals surface area contributed by atoms with Crippen LogP contribution in [0.2, 0.25) is 0 Å². The van der Waals surface area contributed by atoms with Crippen LogP contribution in [0.1, 0.15) is 72.1 Å². The van der Waals surface area contributed by atoms with Crippen molar-refractivity contribution in [3.05, 3.63) is 22.5 Å². The minimum Gasteiger partial charge on any atom is -0.465 e. The quantitative estimate of drug-likeness (QED) is 0.718. The maximum Gasteiger partial charge on any atom is 0.339 e. The van der Waals surface area contributed by atoms with Crippen LogP contribution in [-0.4, -0.2) is 78.7 Å². The molecule has 0 spiro atoms. The molecule has 0 aromatic carbocycles. The summed E-state index contributed by atoms with van der Waals surface area (Å²) >= 11 is 0. The summed E-state index contributed by atoms with van der Waals surface area (Å²) in [5.74, 6) is 0.236. The van der Waals surface area contributed by atoms with Gasteiger partial charge in [-0.25, -0.2) is 4.79 Å². The lowest BCUT2D eigenvalue weighted by molar-refractivity contribution is -0.0728. The van der Waals surface area contributed by atoms with Gasteiger partial charge in [-0.05, 0) is 51.5 Å². The van der Waals surface area contributed by atoms with Gasteiger partial charge in [0.15, 0.2) is 0 Å². The molecule has 0 bridgehead atoms. The van der Waals surface area contributed by atoms with Gasteiger partial charge in [0, 0.05) is 38.4 Å². The van der Waals surface area contributed by atoms with Crippen molar-refractivity contribution in [1.29, 1.82) is 0 Å². The van der Waals surface area contributed by atoms with E-state index in [1.807, 2.05) is 11.8 Å². The fraction of sp³-hybridized carbons (Fsp3) is 0.739. The molecule has 2 aliphatic rings. The molecule has 2 aliphatic heterocycles. The number of ether oxygens (including phenoxy) is 2. The van der Waals surface area contributed by atoms with E-state index in [1.54, 1.807) is 0 Å². The van der Waals surface area contributed by atoms with Gasteiger partial charge in [-0.1, -0.05) is 13.3 Å². The molecule has 1 amide bonds. The maximum absolute atomic E-state index is 13.3. The summed E-state index contributed by atoms with van der Waals surface area (Å²) in [7, 11) is 1.38. The summed E-state index contributed by atoms with van der Waals surface area (Å²) < 4.78 is 10.8. The van der Waals surface area contributed by atoms with Crippen LogP contribution < -0.4 is 0 Å². The van der Waals surface area contributed by atoms with Crippen molar-refractivity contribution >= 4 is 11.9 Å².